The van der Waals surface area contributed by atoms with Gasteiger partial charge in [0.25, 0.3) is 0 Å². The zero-order valence-corrected chi connectivity index (χ0v) is 14.6. The number of nitrogens with zero attached hydrogens (tertiary/aromatic N) is 1. The molecule has 0 spiro atoms. The third kappa shape index (κ3) is 3.93. The Labute approximate surface area is 134 Å². The maximum atomic E-state index is 12.0. The minimum absolute atomic E-state index is 0.267. The van der Waals surface area contributed by atoms with E-state index in [9.17, 15) is 9.90 Å². The fraction of sp³-hybridized carbons (Fsp3) is 0.941. The summed E-state index contributed by atoms with van der Waals surface area (Å²) in [5.41, 5.74) is 4.90. The molecule has 0 aromatic carbocycles. The molecule has 5 heteroatoms. The molecule has 5 nitrogen and oxygen atoms in total. The first-order chi connectivity index (χ1) is 10.00. The maximum Gasteiger partial charge on any atom is 0.410 e. The van der Waals surface area contributed by atoms with Crippen molar-refractivity contribution in [3.63, 3.8) is 0 Å². The summed E-state index contributed by atoms with van der Waals surface area (Å²) in [7, 11) is 0. The summed E-state index contributed by atoms with van der Waals surface area (Å²) >= 11 is 0. The number of β-amino-alcohol motifs (C(OH)–C–C–N with tert-alkyl or cyclic N) is 1. The second-order valence-electron chi connectivity index (χ2n) is 8.64. The molecule has 22 heavy (non-hydrogen) atoms. The SMILES string of the molecule is CC1CC(C)CC(C(N)C2(O)CN(C(=O)OC(C)(C)C)C2)C1. The molecule has 2 rings (SSSR count). The lowest BCUT2D eigenvalue weighted by Gasteiger charge is -2.52. The maximum absolute atomic E-state index is 12.0. The van der Waals surface area contributed by atoms with Crippen molar-refractivity contribution in [1.82, 2.24) is 4.90 Å². The standard InChI is InChI=1S/C17H32N2O3/c1-11-6-12(2)8-13(7-11)14(18)17(21)9-19(10-17)15(20)22-16(3,4)5/h11-14,21H,6-10,18H2,1-5H3. The topological polar surface area (TPSA) is 75.8 Å². The summed E-state index contributed by atoms with van der Waals surface area (Å²) in [5.74, 6) is 1.65. The van der Waals surface area contributed by atoms with Crippen molar-refractivity contribution in [1.29, 1.82) is 0 Å². The molecule has 1 aliphatic carbocycles. The minimum atomic E-state index is -0.960. The molecular weight excluding hydrogens is 280 g/mol. The molecule has 0 radical (unpaired) electrons. The van der Waals surface area contributed by atoms with Gasteiger partial charge in [-0.2, -0.15) is 0 Å². The molecule has 2 aliphatic rings. The summed E-state index contributed by atoms with van der Waals surface area (Å²) in [5, 5.41) is 10.7. The van der Waals surface area contributed by atoms with Crippen molar-refractivity contribution in [3.8, 4) is 0 Å². The highest BCUT2D eigenvalue weighted by Gasteiger charge is 2.51. The molecule has 0 aromatic rings. The monoisotopic (exact) mass is 312 g/mol. The molecule has 3 atom stereocenters. The second kappa shape index (κ2) is 6.00. The highest BCUT2D eigenvalue weighted by atomic mass is 16.6. The van der Waals surface area contributed by atoms with E-state index in [2.05, 4.69) is 13.8 Å². The average Bonchev–Trinajstić information content (AvgIpc) is 2.30. The Hall–Kier alpha value is -0.810. The van der Waals surface area contributed by atoms with Gasteiger partial charge in [0.05, 0.1) is 13.1 Å². The zero-order valence-electron chi connectivity index (χ0n) is 14.6. The van der Waals surface area contributed by atoms with Gasteiger partial charge >= 0.3 is 6.09 Å². The number of aliphatic hydroxyl groups is 1. The predicted octanol–water partition coefficient (Wildman–Crippen LogP) is 2.37. The van der Waals surface area contributed by atoms with E-state index in [1.165, 1.54) is 6.42 Å². The number of likely N-dealkylation sites (tertiary alicyclic amines) is 1. The summed E-state index contributed by atoms with van der Waals surface area (Å²) in [6.45, 7) is 10.6. The average molecular weight is 312 g/mol. The van der Waals surface area contributed by atoms with Gasteiger partial charge in [-0.25, -0.2) is 4.79 Å². The Bertz CT molecular complexity index is 403. The third-order valence-electron chi connectivity index (χ3n) is 4.92. The van der Waals surface area contributed by atoms with Gasteiger partial charge in [-0.3, -0.25) is 0 Å². The van der Waals surface area contributed by atoms with E-state index in [4.69, 9.17) is 10.5 Å². The number of carbonyl (C=O) groups is 1. The molecule has 2 fully saturated rings. The molecule has 1 saturated carbocycles. The van der Waals surface area contributed by atoms with Gasteiger partial charge in [-0.15, -0.1) is 0 Å². The first kappa shape index (κ1) is 17.5. The van der Waals surface area contributed by atoms with Crippen molar-refractivity contribution in [2.75, 3.05) is 13.1 Å². The zero-order chi connectivity index (χ0) is 16.7. The van der Waals surface area contributed by atoms with Crippen LogP contribution in [0.2, 0.25) is 0 Å². The smallest absolute Gasteiger partial charge is 0.410 e. The van der Waals surface area contributed by atoms with E-state index in [-0.39, 0.29) is 25.2 Å². The minimum Gasteiger partial charge on any atom is -0.444 e. The molecule has 1 amide bonds. The van der Waals surface area contributed by atoms with Crippen molar-refractivity contribution >= 4 is 6.09 Å². The Morgan fingerprint density at radius 1 is 1.23 bits per heavy atom. The van der Waals surface area contributed by atoms with Crippen LogP contribution in [0.15, 0.2) is 0 Å². The molecular formula is C17H32N2O3. The highest BCUT2D eigenvalue weighted by Crippen LogP contribution is 2.39. The Kier molecular flexibility index (Phi) is 4.79. The van der Waals surface area contributed by atoms with Gasteiger partial charge in [-0.05, 0) is 57.8 Å². The molecule has 3 unspecified atom stereocenters. The normalized spacial score (nSPS) is 33.0. The van der Waals surface area contributed by atoms with E-state index in [0.717, 1.165) is 12.8 Å². The number of rotatable bonds is 2. The van der Waals surface area contributed by atoms with Gasteiger partial charge in [0.2, 0.25) is 0 Å². The Morgan fingerprint density at radius 3 is 2.18 bits per heavy atom. The molecule has 1 saturated heterocycles. The lowest BCUT2D eigenvalue weighted by Crippen LogP contribution is -2.72. The quantitative estimate of drug-likeness (QED) is 0.821. The largest absolute Gasteiger partial charge is 0.444 e. The highest BCUT2D eigenvalue weighted by molar-refractivity contribution is 5.69. The van der Waals surface area contributed by atoms with E-state index < -0.39 is 11.2 Å². The van der Waals surface area contributed by atoms with Crippen LogP contribution in [0.5, 0.6) is 0 Å². The first-order valence-electron chi connectivity index (χ1n) is 8.46. The van der Waals surface area contributed by atoms with E-state index in [1.54, 1.807) is 4.90 Å². The molecule has 0 aromatic heterocycles. The number of ether oxygens (including phenoxy) is 1. The van der Waals surface area contributed by atoms with Crippen LogP contribution in [0, 0.1) is 17.8 Å². The summed E-state index contributed by atoms with van der Waals surface area (Å²) in [6, 6.07) is -0.267. The Morgan fingerprint density at radius 2 is 1.73 bits per heavy atom. The van der Waals surface area contributed by atoms with Crippen LogP contribution >= 0.6 is 0 Å². The van der Waals surface area contributed by atoms with Crippen LogP contribution in [0.4, 0.5) is 4.79 Å². The molecule has 3 N–H and O–H groups in total. The fourth-order valence-corrected chi connectivity index (χ4v) is 4.02. The van der Waals surface area contributed by atoms with Crippen LogP contribution in [-0.2, 0) is 4.74 Å². The molecule has 1 heterocycles. The predicted molar refractivity (Wildman–Crippen MR) is 86.4 cm³/mol. The van der Waals surface area contributed by atoms with Gasteiger partial charge in [-0.1, -0.05) is 13.8 Å². The molecule has 1 aliphatic heterocycles. The third-order valence-corrected chi connectivity index (χ3v) is 4.92. The van der Waals surface area contributed by atoms with E-state index in [0.29, 0.717) is 17.8 Å². The summed E-state index contributed by atoms with van der Waals surface area (Å²) in [6.07, 6.45) is 3.02. The van der Waals surface area contributed by atoms with Crippen LogP contribution in [-0.4, -0.2) is 46.4 Å². The summed E-state index contributed by atoms with van der Waals surface area (Å²) < 4.78 is 5.33. The number of hydrogen-bond donors (Lipinski definition) is 2. The van der Waals surface area contributed by atoms with E-state index >= 15 is 0 Å². The lowest BCUT2D eigenvalue weighted by atomic mass is 9.68. The van der Waals surface area contributed by atoms with Gasteiger partial charge in [0, 0.05) is 6.04 Å². The van der Waals surface area contributed by atoms with Gasteiger partial charge < -0.3 is 20.5 Å². The number of carbonyl (C=O) groups excluding carboxylic acids is 1. The first-order valence-corrected chi connectivity index (χ1v) is 8.46. The van der Waals surface area contributed by atoms with Crippen LogP contribution < -0.4 is 5.73 Å². The van der Waals surface area contributed by atoms with Crippen LogP contribution in [0.25, 0.3) is 0 Å². The number of nitrogens with two attached hydrogens (primary N) is 1. The summed E-state index contributed by atoms with van der Waals surface area (Å²) in [4.78, 5) is 13.5. The van der Waals surface area contributed by atoms with Crippen molar-refractivity contribution in [3.05, 3.63) is 0 Å². The van der Waals surface area contributed by atoms with E-state index in [1.807, 2.05) is 20.8 Å². The van der Waals surface area contributed by atoms with Crippen molar-refractivity contribution < 1.29 is 14.6 Å². The van der Waals surface area contributed by atoms with Crippen molar-refractivity contribution in [2.45, 2.75) is 71.1 Å². The van der Waals surface area contributed by atoms with Gasteiger partial charge in [0.15, 0.2) is 0 Å². The second-order valence-corrected chi connectivity index (χ2v) is 8.64. The number of amides is 1. The lowest BCUT2D eigenvalue weighted by molar-refractivity contribution is -0.125. The Balaban J connectivity index is 1.90. The van der Waals surface area contributed by atoms with Gasteiger partial charge in [0.1, 0.15) is 11.2 Å². The molecule has 128 valence electrons. The fourth-order valence-electron chi connectivity index (χ4n) is 4.02. The van der Waals surface area contributed by atoms with Crippen LogP contribution in [0.1, 0.15) is 53.9 Å². The van der Waals surface area contributed by atoms with Crippen molar-refractivity contribution in [2.24, 2.45) is 23.5 Å². The molecule has 0 bridgehead atoms. The number of hydrogen-bond acceptors (Lipinski definition) is 4. The van der Waals surface area contributed by atoms with Crippen LogP contribution in [0.3, 0.4) is 0 Å².